The summed E-state index contributed by atoms with van der Waals surface area (Å²) in [5, 5.41) is 11.6. The SMILES string of the molecule is CCCC(=O)OCOP(=O)(OCCO[C@H]1OC[C@@H](OP(=O)(OCOC(=O)CCC)OCOC(=O)CCC)[C@H](OP(=O)(OCOC(=O)CCC)OCOC(=O)CCC)[C@H]1O)OCOC(=O)CCC. The molecule has 0 unspecified atom stereocenters. The van der Waals surface area contributed by atoms with Gasteiger partial charge < -0.3 is 43.0 Å². The van der Waals surface area contributed by atoms with Gasteiger partial charge in [0.2, 0.25) is 40.8 Å². The fourth-order valence-corrected chi connectivity index (χ4v) is 7.74. The molecular formula is C37H65O27P3. The van der Waals surface area contributed by atoms with Crippen LogP contribution in [0.4, 0.5) is 0 Å². The van der Waals surface area contributed by atoms with Crippen molar-refractivity contribution in [1.29, 1.82) is 0 Å². The van der Waals surface area contributed by atoms with Crippen molar-refractivity contribution in [3.05, 3.63) is 0 Å². The Balaban J connectivity index is 3.48. The minimum atomic E-state index is -5.17. The second-order valence-electron chi connectivity index (χ2n) is 13.5. The van der Waals surface area contributed by atoms with E-state index in [1.165, 1.54) is 0 Å². The normalized spacial score (nSPS) is 17.6. The molecule has 0 bridgehead atoms. The molecule has 1 heterocycles. The van der Waals surface area contributed by atoms with E-state index in [9.17, 15) is 47.6 Å². The van der Waals surface area contributed by atoms with Gasteiger partial charge in [-0.2, -0.15) is 0 Å². The maximum atomic E-state index is 14.2. The Morgan fingerprint density at radius 1 is 0.448 bits per heavy atom. The highest BCUT2D eigenvalue weighted by molar-refractivity contribution is 7.49. The van der Waals surface area contributed by atoms with E-state index in [4.69, 9.17) is 78.6 Å². The Morgan fingerprint density at radius 3 is 1.06 bits per heavy atom. The largest absolute Gasteiger partial charge is 0.481 e. The van der Waals surface area contributed by atoms with Crippen LogP contribution in [0.25, 0.3) is 0 Å². The molecule has 390 valence electrons. The van der Waals surface area contributed by atoms with Gasteiger partial charge in [0.05, 0.1) is 19.8 Å². The molecule has 1 N–H and O–H groups in total. The summed E-state index contributed by atoms with van der Waals surface area (Å²) in [7, 11) is -14.9. The standard InChI is InChI=1S/C37H65O27P3/c1-7-13-29(38)50-22-57-65(45,58-23-51-30(39)14-8-2)56-20-19-48-37-35(44)36(64-67(47,61-26-54-33(42)17-11-5)62-27-55-34(43)18-12-6)28(21-49-37)63-66(46,59-24-52-31(40)15-9-3)60-25-53-32(41)16-10-4/h28,35-37,44H,7-27H2,1-6H3/t28-,35-,36+,37+/m1/s1. The zero-order chi connectivity index (χ0) is 50.1. The van der Waals surface area contributed by atoms with Gasteiger partial charge in [-0.1, -0.05) is 41.5 Å². The van der Waals surface area contributed by atoms with E-state index in [0.717, 1.165) is 0 Å². The number of phosphoric acid groups is 3. The van der Waals surface area contributed by atoms with E-state index in [2.05, 4.69) is 0 Å². The summed E-state index contributed by atoms with van der Waals surface area (Å²) in [6.07, 6.45) is -5.77. The highest BCUT2D eigenvalue weighted by atomic mass is 31.2. The summed E-state index contributed by atoms with van der Waals surface area (Å²) in [4.78, 5) is 71.9. The summed E-state index contributed by atoms with van der Waals surface area (Å²) in [6, 6.07) is 0. The Labute approximate surface area is 388 Å². The molecule has 0 aromatic carbocycles. The molecule has 0 spiro atoms. The van der Waals surface area contributed by atoms with E-state index in [0.29, 0.717) is 38.5 Å². The lowest BCUT2D eigenvalue weighted by molar-refractivity contribution is -0.268. The third kappa shape index (κ3) is 27.7. The first kappa shape index (κ1) is 62.0. The monoisotopic (exact) mass is 1030 g/mol. The van der Waals surface area contributed by atoms with Gasteiger partial charge >= 0.3 is 59.3 Å². The molecule has 0 radical (unpaired) electrons. The van der Waals surface area contributed by atoms with Crippen LogP contribution in [-0.2, 0) is 121 Å². The van der Waals surface area contributed by atoms with E-state index in [-0.39, 0.29) is 38.5 Å². The van der Waals surface area contributed by atoms with Crippen molar-refractivity contribution in [2.24, 2.45) is 0 Å². The van der Waals surface area contributed by atoms with Gasteiger partial charge in [-0.15, -0.1) is 0 Å². The van der Waals surface area contributed by atoms with Gasteiger partial charge in [0.15, 0.2) is 6.29 Å². The fourth-order valence-electron chi connectivity index (χ4n) is 4.66. The molecule has 1 fully saturated rings. The molecular weight excluding hydrogens is 969 g/mol. The van der Waals surface area contributed by atoms with Gasteiger partial charge in [0.1, 0.15) is 18.3 Å². The second kappa shape index (κ2) is 35.2. The molecule has 0 aromatic rings. The van der Waals surface area contributed by atoms with E-state index >= 15 is 0 Å². The highest BCUT2D eigenvalue weighted by Gasteiger charge is 2.50. The summed E-state index contributed by atoms with van der Waals surface area (Å²) < 4.78 is 129. The number of carbonyl (C=O) groups excluding carboxylic acids is 6. The molecule has 1 aliphatic rings. The molecule has 0 aliphatic carbocycles. The first-order chi connectivity index (χ1) is 31.9. The average Bonchev–Trinajstić information content (AvgIpc) is 3.25. The number of aliphatic hydroxyl groups is 1. The van der Waals surface area contributed by atoms with Crippen LogP contribution in [0, 0.1) is 0 Å². The molecule has 0 saturated carbocycles. The van der Waals surface area contributed by atoms with Crippen LogP contribution in [0.15, 0.2) is 0 Å². The van der Waals surface area contributed by atoms with Crippen molar-refractivity contribution in [3.8, 4) is 0 Å². The molecule has 0 aromatic heterocycles. The van der Waals surface area contributed by atoms with Gasteiger partial charge in [0.25, 0.3) is 0 Å². The maximum Gasteiger partial charge on any atom is 0.481 e. The topological polar surface area (TPSA) is 331 Å². The zero-order valence-corrected chi connectivity index (χ0v) is 41.2. The van der Waals surface area contributed by atoms with Crippen molar-refractivity contribution in [3.63, 3.8) is 0 Å². The summed E-state index contributed by atoms with van der Waals surface area (Å²) in [5.41, 5.74) is 0. The first-order valence-electron chi connectivity index (χ1n) is 21.4. The van der Waals surface area contributed by atoms with E-state index in [1.807, 2.05) is 0 Å². The van der Waals surface area contributed by atoms with Crippen molar-refractivity contribution < 1.29 is 126 Å². The number of aliphatic hydroxyl groups excluding tert-OH is 1. The average molecular weight is 1030 g/mol. The fraction of sp³-hybridized carbons (Fsp3) is 0.838. The maximum absolute atomic E-state index is 14.2. The minimum Gasteiger partial charge on any atom is -0.438 e. The number of ether oxygens (including phenoxy) is 8. The smallest absolute Gasteiger partial charge is 0.438 e. The molecule has 67 heavy (non-hydrogen) atoms. The van der Waals surface area contributed by atoms with Crippen molar-refractivity contribution in [2.45, 2.75) is 143 Å². The molecule has 1 rings (SSSR count). The van der Waals surface area contributed by atoms with Crippen LogP contribution < -0.4 is 0 Å². The lowest BCUT2D eigenvalue weighted by Gasteiger charge is -2.40. The quantitative estimate of drug-likeness (QED) is 0.0252. The Morgan fingerprint density at radius 2 is 0.746 bits per heavy atom. The molecule has 1 aliphatic heterocycles. The Kier molecular flexibility index (Phi) is 32.6. The molecule has 27 nitrogen and oxygen atoms in total. The Bertz CT molecular complexity index is 1540. The second-order valence-corrected chi connectivity index (χ2v) is 18.4. The molecule has 30 heteroatoms. The zero-order valence-electron chi connectivity index (χ0n) is 38.6. The first-order valence-corrected chi connectivity index (χ1v) is 25.8. The van der Waals surface area contributed by atoms with Crippen LogP contribution in [0.1, 0.15) is 119 Å². The van der Waals surface area contributed by atoms with Crippen LogP contribution in [0.5, 0.6) is 0 Å². The molecule has 1 saturated heterocycles. The van der Waals surface area contributed by atoms with Crippen molar-refractivity contribution >= 4 is 59.3 Å². The molecule has 0 amide bonds. The number of rotatable bonds is 39. The van der Waals surface area contributed by atoms with Crippen LogP contribution in [-0.4, -0.2) is 126 Å². The van der Waals surface area contributed by atoms with Gasteiger partial charge in [-0.3, -0.25) is 42.3 Å². The Hall–Kier alpha value is -2.97. The van der Waals surface area contributed by atoms with Crippen molar-refractivity contribution in [1.82, 2.24) is 0 Å². The third-order valence-electron chi connectivity index (χ3n) is 7.85. The third-order valence-corrected chi connectivity index (χ3v) is 11.9. The predicted molar refractivity (Wildman–Crippen MR) is 222 cm³/mol. The van der Waals surface area contributed by atoms with Gasteiger partial charge in [-0.25, -0.2) is 40.8 Å². The van der Waals surface area contributed by atoms with Gasteiger partial charge in [0, 0.05) is 38.5 Å². The summed E-state index contributed by atoms with van der Waals surface area (Å²) >= 11 is 0. The number of phosphoric ester groups is 3. The van der Waals surface area contributed by atoms with Crippen LogP contribution in [0.2, 0.25) is 0 Å². The van der Waals surface area contributed by atoms with E-state index in [1.54, 1.807) is 41.5 Å². The number of hydrogen-bond acceptors (Lipinski definition) is 27. The number of esters is 6. The lowest BCUT2D eigenvalue weighted by atomic mass is 10.1. The van der Waals surface area contributed by atoms with Crippen LogP contribution >= 0.6 is 23.5 Å². The van der Waals surface area contributed by atoms with Gasteiger partial charge in [-0.05, 0) is 38.5 Å². The summed E-state index contributed by atoms with van der Waals surface area (Å²) in [5.74, 6) is -4.47. The minimum absolute atomic E-state index is 0.0191. The van der Waals surface area contributed by atoms with E-state index < -0.39 is 144 Å². The predicted octanol–water partition coefficient (Wildman–Crippen LogP) is 5.74. The summed E-state index contributed by atoms with van der Waals surface area (Å²) in [6.45, 7) is 2.13. The number of hydrogen-bond donors (Lipinski definition) is 1. The number of carbonyl (C=O) groups is 6. The lowest BCUT2D eigenvalue weighted by Crippen LogP contribution is -2.55. The molecule has 4 atom stereocenters. The highest BCUT2D eigenvalue weighted by Crippen LogP contribution is 2.56. The van der Waals surface area contributed by atoms with Crippen molar-refractivity contribution in [2.75, 3.05) is 60.6 Å². The van der Waals surface area contributed by atoms with Crippen LogP contribution in [0.3, 0.4) is 0 Å².